The first-order chi connectivity index (χ1) is 11.7. The number of nitrogens with zero attached hydrogens (tertiary/aromatic N) is 3. The van der Waals surface area contributed by atoms with Crippen LogP contribution in [0.2, 0.25) is 0 Å². The molecule has 0 saturated carbocycles. The number of phenols is 1. The van der Waals surface area contributed by atoms with Crippen molar-refractivity contribution in [3.05, 3.63) is 36.2 Å². The summed E-state index contributed by atoms with van der Waals surface area (Å²) >= 11 is 0. The van der Waals surface area contributed by atoms with Crippen LogP contribution >= 0.6 is 0 Å². The summed E-state index contributed by atoms with van der Waals surface area (Å²) in [6.45, 7) is 2.95. The molecule has 24 heavy (non-hydrogen) atoms. The minimum atomic E-state index is 0.213. The predicted molar refractivity (Wildman–Crippen MR) is 88.1 cm³/mol. The van der Waals surface area contributed by atoms with Crippen molar-refractivity contribution in [2.45, 2.75) is 31.9 Å². The minimum Gasteiger partial charge on any atom is -0.508 e. The van der Waals surface area contributed by atoms with Gasteiger partial charge in [0.1, 0.15) is 12.0 Å². The van der Waals surface area contributed by atoms with Gasteiger partial charge in [-0.05, 0) is 37.1 Å². The lowest BCUT2D eigenvalue weighted by atomic mass is 10.2. The SMILES string of the molecule is N#CCCN(Cc1coc(-c2ccc(O)cc2)n1)CC1CCCO1. The van der Waals surface area contributed by atoms with Crippen LogP contribution < -0.4 is 0 Å². The molecule has 6 heteroatoms. The number of hydrogen-bond donors (Lipinski definition) is 1. The molecule has 1 N–H and O–H groups in total. The van der Waals surface area contributed by atoms with Crippen molar-refractivity contribution >= 4 is 0 Å². The number of aromatic hydroxyl groups is 1. The van der Waals surface area contributed by atoms with Gasteiger partial charge in [-0.25, -0.2) is 4.98 Å². The lowest BCUT2D eigenvalue weighted by molar-refractivity contribution is 0.0709. The zero-order valence-electron chi connectivity index (χ0n) is 13.5. The van der Waals surface area contributed by atoms with Crippen LogP contribution in [0.4, 0.5) is 0 Å². The normalized spacial score (nSPS) is 17.2. The second-order valence-corrected chi connectivity index (χ2v) is 5.97. The number of oxazole rings is 1. The Bertz CT molecular complexity index is 684. The van der Waals surface area contributed by atoms with Crippen LogP contribution in [0.5, 0.6) is 5.75 Å². The maximum Gasteiger partial charge on any atom is 0.226 e. The standard InChI is InChI=1S/C18H21N3O3/c19-8-2-9-21(12-17-3-1-10-23-17)11-15-13-24-18(20-15)14-4-6-16(22)7-5-14/h4-7,13,17,22H,1-3,9-12H2. The van der Waals surface area contributed by atoms with Crippen LogP contribution in [-0.4, -0.2) is 40.8 Å². The summed E-state index contributed by atoms with van der Waals surface area (Å²) in [7, 11) is 0. The Morgan fingerprint density at radius 3 is 2.88 bits per heavy atom. The molecule has 0 spiro atoms. The van der Waals surface area contributed by atoms with Crippen molar-refractivity contribution in [2.75, 3.05) is 19.7 Å². The van der Waals surface area contributed by atoms with Gasteiger partial charge in [-0.1, -0.05) is 0 Å². The molecule has 1 fully saturated rings. The molecule has 1 saturated heterocycles. The van der Waals surface area contributed by atoms with Gasteiger partial charge in [0, 0.05) is 38.2 Å². The van der Waals surface area contributed by atoms with E-state index in [-0.39, 0.29) is 11.9 Å². The molecular formula is C18H21N3O3. The van der Waals surface area contributed by atoms with Crippen LogP contribution in [0.1, 0.15) is 25.0 Å². The molecule has 126 valence electrons. The van der Waals surface area contributed by atoms with Gasteiger partial charge in [-0.2, -0.15) is 5.26 Å². The molecule has 1 aromatic heterocycles. The van der Waals surface area contributed by atoms with E-state index in [4.69, 9.17) is 14.4 Å². The van der Waals surface area contributed by atoms with Gasteiger partial charge >= 0.3 is 0 Å². The third-order valence-corrected chi connectivity index (χ3v) is 4.08. The quantitative estimate of drug-likeness (QED) is 0.842. The first kappa shape index (κ1) is 16.5. The van der Waals surface area contributed by atoms with Gasteiger partial charge in [-0.15, -0.1) is 0 Å². The summed E-state index contributed by atoms with van der Waals surface area (Å²) in [4.78, 5) is 6.71. The predicted octanol–water partition coefficient (Wildman–Crippen LogP) is 2.94. The number of ether oxygens (including phenoxy) is 1. The second-order valence-electron chi connectivity index (χ2n) is 5.97. The lowest BCUT2D eigenvalue weighted by Crippen LogP contribution is -2.32. The summed E-state index contributed by atoms with van der Waals surface area (Å²) in [5.74, 6) is 0.743. The smallest absolute Gasteiger partial charge is 0.226 e. The second kappa shape index (κ2) is 7.95. The van der Waals surface area contributed by atoms with Crippen LogP contribution in [0, 0.1) is 11.3 Å². The Kier molecular flexibility index (Phi) is 5.47. The van der Waals surface area contributed by atoms with Gasteiger partial charge in [0.15, 0.2) is 0 Å². The molecule has 1 aliphatic rings. The van der Waals surface area contributed by atoms with Crippen molar-refractivity contribution in [1.82, 2.24) is 9.88 Å². The van der Waals surface area contributed by atoms with E-state index in [0.29, 0.717) is 25.4 Å². The maximum absolute atomic E-state index is 9.35. The van der Waals surface area contributed by atoms with Crippen LogP contribution in [-0.2, 0) is 11.3 Å². The first-order valence-corrected chi connectivity index (χ1v) is 8.19. The van der Waals surface area contributed by atoms with E-state index in [0.717, 1.165) is 37.3 Å². The third kappa shape index (κ3) is 4.34. The first-order valence-electron chi connectivity index (χ1n) is 8.19. The molecular weight excluding hydrogens is 306 g/mol. The van der Waals surface area contributed by atoms with Crippen molar-refractivity contribution < 1.29 is 14.3 Å². The molecule has 1 aliphatic heterocycles. The monoisotopic (exact) mass is 327 g/mol. The van der Waals surface area contributed by atoms with E-state index in [9.17, 15) is 5.11 Å². The zero-order valence-corrected chi connectivity index (χ0v) is 13.5. The Hall–Kier alpha value is -2.36. The van der Waals surface area contributed by atoms with Crippen molar-refractivity contribution in [3.63, 3.8) is 0 Å². The Morgan fingerprint density at radius 2 is 2.17 bits per heavy atom. The molecule has 3 rings (SSSR count). The fourth-order valence-corrected chi connectivity index (χ4v) is 2.86. The van der Waals surface area contributed by atoms with E-state index >= 15 is 0 Å². The average molecular weight is 327 g/mol. The molecule has 2 heterocycles. The summed E-state index contributed by atoms with van der Waals surface area (Å²) in [6.07, 6.45) is 4.55. The van der Waals surface area contributed by atoms with E-state index in [1.807, 2.05) is 0 Å². The van der Waals surface area contributed by atoms with Crippen molar-refractivity contribution in [1.29, 1.82) is 5.26 Å². The van der Waals surface area contributed by atoms with Gasteiger partial charge in [-0.3, -0.25) is 4.90 Å². The Morgan fingerprint density at radius 1 is 1.33 bits per heavy atom. The molecule has 1 aromatic carbocycles. The highest BCUT2D eigenvalue weighted by atomic mass is 16.5. The topological polar surface area (TPSA) is 82.5 Å². The van der Waals surface area contributed by atoms with Gasteiger partial charge in [0.25, 0.3) is 0 Å². The fraction of sp³-hybridized carbons (Fsp3) is 0.444. The molecule has 0 amide bonds. The van der Waals surface area contributed by atoms with E-state index in [2.05, 4.69) is 16.0 Å². The summed E-state index contributed by atoms with van der Waals surface area (Å²) < 4.78 is 11.2. The Balaban J connectivity index is 1.65. The molecule has 2 aromatic rings. The van der Waals surface area contributed by atoms with E-state index in [1.54, 1.807) is 30.5 Å². The van der Waals surface area contributed by atoms with E-state index in [1.165, 1.54) is 0 Å². The minimum absolute atomic E-state index is 0.213. The van der Waals surface area contributed by atoms with Crippen LogP contribution in [0.25, 0.3) is 11.5 Å². The number of benzene rings is 1. The zero-order chi connectivity index (χ0) is 16.8. The average Bonchev–Trinajstić information content (AvgIpc) is 3.25. The summed E-state index contributed by atoms with van der Waals surface area (Å²) in [5.41, 5.74) is 1.65. The largest absolute Gasteiger partial charge is 0.508 e. The highest BCUT2D eigenvalue weighted by Crippen LogP contribution is 2.22. The van der Waals surface area contributed by atoms with Gasteiger partial charge in [0.2, 0.25) is 5.89 Å². The Labute approximate surface area is 141 Å². The molecule has 0 bridgehead atoms. The fourth-order valence-electron chi connectivity index (χ4n) is 2.86. The molecule has 6 nitrogen and oxygen atoms in total. The summed E-state index contributed by atoms with van der Waals surface area (Å²) in [6, 6.07) is 8.95. The number of aromatic nitrogens is 1. The van der Waals surface area contributed by atoms with Crippen molar-refractivity contribution in [2.24, 2.45) is 0 Å². The third-order valence-electron chi connectivity index (χ3n) is 4.08. The number of rotatable bonds is 7. The summed E-state index contributed by atoms with van der Waals surface area (Å²) in [5, 5.41) is 18.2. The van der Waals surface area contributed by atoms with E-state index < -0.39 is 0 Å². The number of nitriles is 1. The molecule has 1 atom stereocenters. The molecule has 1 unspecified atom stereocenters. The molecule has 0 aliphatic carbocycles. The maximum atomic E-state index is 9.35. The highest BCUT2D eigenvalue weighted by Gasteiger charge is 2.20. The van der Waals surface area contributed by atoms with Crippen LogP contribution in [0.3, 0.4) is 0 Å². The lowest BCUT2D eigenvalue weighted by Gasteiger charge is -2.23. The molecule has 0 radical (unpaired) electrons. The number of phenolic OH excluding ortho intramolecular Hbond substituents is 1. The highest BCUT2D eigenvalue weighted by molar-refractivity contribution is 5.54. The van der Waals surface area contributed by atoms with Crippen LogP contribution in [0.15, 0.2) is 34.9 Å². The van der Waals surface area contributed by atoms with Crippen molar-refractivity contribution in [3.8, 4) is 23.3 Å². The van der Waals surface area contributed by atoms with Gasteiger partial charge in [0.05, 0.1) is 17.9 Å². The van der Waals surface area contributed by atoms with Gasteiger partial charge < -0.3 is 14.3 Å². The number of hydrogen-bond acceptors (Lipinski definition) is 6.